The number of carbonyl (C=O) groups is 2. The van der Waals surface area contributed by atoms with Crippen LogP contribution in [0, 0.1) is 13.8 Å². The van der Waals surface area contributed by atoms with E-state index in [4.69, 9.17) is 13.9 Å². The molecule has 0 aliphatic heterocycles. The van der Waals surface area contributed by atoms with Crippen LogP contribution in [0.2, 0.25) is 0 Å². The van der Waals surface area contributed by atoms with Crippen molar-refractivity contribution in [1.29, 1.82) is 0 Å². The van der Waals surface area contributed by atoms with E-state index in [0.29, 0.717) is 22.5 Å². The van der Waals surface area contributed by atoms with Crippen LogP contribution in [-0.4, -0.2) is 18.4 Å². The van der Waals surface area contributed by atoms with Crippen LogP contribution in [-0.2, 0) is 16.1 Å². The van der Waals surface area contributed by atoms with E-state index in [1.165, 1.54) is 13.0 Å². The Hall–Kier alpha value is -3.41. The highest BCUT2D eigenvalue weighted by Crippen LogP contribution is 2.22. The van der Waals surface area contributed by atoms with Gasteiger partial charge in [0.2, 0.25) is 0 Å². The Morgan fingerprint density at radius 3 is 2.36 bits per heavy atom. The zero-order valence-electron chi connectivity index (χ0n) is 15.9. The molecule has 28 heavy (non-hydrogen) atoms. The topological polar surface area (TPSA) is 82.8 Å². The predicted octanol–water partition coefficient (Wildman–Crippen LogP) is 3.73. The lowest BCUT2D eigenvalue weighted by Crippen LogP contribution is -2.15. The van der Waals surface area contributed by atoms with Gasteiger partial charge < -0.3 is 13.9 Å². The molecule has 3 rings (SSSR count). The van der Waals surface area contributed by atoms with Gasteiger partial charge in [0.05, 0.1) is 0 Å². The monoisotopic (exact) mass is 380 g/mol. The second-order valence-corrected chi connectivity index (χ2v) is 6.55. The summed E-state index contributed by atoms with van der Waals surface area (Å²) in [6.07, 6.45) is 0. The Balaban J connectivity index is 1.65. The SMILES string of the molecule is CC(=O)c1ccc(OCC(=O)OCc2cc(=O)oc3cc(C)c(C)cc23)cc1. The minimum atomic E-state index is -0.569. The molecule has 0 N–H and O–H groups in total. The van der Waals surface area contributed by atoms with E-state index in [0.717, 1.165) is 16.5 Å². The molecule has 0 spiro atoms. The number of fused-ring (bicyclic) bond motifs is 1. The van der Waals surface area contributed by atoms with Crippen LogP contribution in [0.15, 0.2) is 51.7 Å². The van der Waals surface area contributed by atoms with Gasteiger partial charge >= 0.3 is 11.6 Å². The smallest absolute Gasteiger partial charge is 0.344 e. The van der Waals surface area contributed by atoms with Gasteiger partial charge in [-0.1, -0.05) is 0 Å². The van der Waals surface area contributed by atoms with Crippen molar-refractivity contribution in [2.24, 2.45) is 0 Å². The normalized spacial score (nSPS) is 10.7. The molecular weight excluding hydrogens is 360 g/mol. The molecule has 3 aromatic rings. The summed E-state index contributed by atoms with van der Waals surface area (Å²) >= 11 is 0. The lowest BCUT2D eigenvalue weighted by atomic mass is 10.0. The Morgan fingerprint density at radius 1 is 1.00 bits per heavy atom. The first kappa shape index (κ1) is 19.4. The van der Waals surface area contributed by atoms with E-state index < -0.39 is 11.6 Å². The molecule has 1 aromatic heterocycles. The van der Waals surface area contributed by atoms with Crippen molar-refractivity contribution in [3.63, 3.8) is 0 Å². The molecule has 6 nitrogen and oxygen atoms in total. The van der Waals surface area contributed by atoms with Crippen molar-refractivity contribution in [3.8, 4) is 5.75 Å². The highest BCUT2D eigenvalue weighted by atomic mass is 16.6. The minimum absolute atomic E-state index is 0.0454. The van der Waals surface area contributed by atoms with Gasteiger partial charge in [-0.2, -0.15) is 0 Å². The van der Waals surface area contributed by atoms with Gasteiger partial charge in [0.15, 0.2) is 12.4 Å². The molecular formula is C22H20O6. The number of esters is 1. The molecule has 0 radical (unpaired) electrons. The van der Waals surface area contributed by atoms with E-state index in [-0.39, 0.29) is 19.0 Å². The van der Waals surface area contributed by atoms with Crippen LogP contribution >= 0.6 is 0 Å². The lowest BCUT2D eigenvalue weighted by Gasteiger charge is -2.10. The van der Waals surface area contributed by atoms with Gasteiger partial charge in [0.25, 0.3) is 0 Å². The first-order valence-corrected chi connectivity index (χ1v) is 8.77. The third-order valence-corrected chi connectivity index (χ3v) is 4.45. The number of ether oxygens (including phenoxy) is 2. The number of hydrogen-bond donors (Lipinski definition) is 0. The largest absolute Gasteiger partial charge is 0.482 e. The van der Waals surface area contributed by atoms with Gasteiger partial charge in [0.1, 0.15) is 17.9 Å². The van der Waals surface area contributed by atoms with E-state index in [2.05, 4.69) is 0 Å². The Kier molecular flexibility index (Phi) is 5.59. The third-order valence-electron chi connectivity index (χ3n) is 4.45. The number of carbonyl (C=O) groups excluding carboxylic acids is 2. The van der Waals surface area contributed by atoms with Crippen molar-refractivity contribution >= 4 is 22.7 Å². The van der Waals surface area contributed by atoms with Crippen molar-refractivity contribution in [2.75, 3.05) is 6.61 Å². The number of aryl methyl sites for hydroxylation is 2. The van der Waals surface area contributed by atoms with Crippen LogP contribution in [0.1, 0.15) is 34.0 Å². The summed E-state index contributed by atoms with van der Waals surface area (Å²) in [4.78, 5) is 35.0. The van der Waals surface area contributed by atoms with Gasteiger partial charge in [0, 0.05) is 22.6 Å². The van der Waals surface area contributed by atoms with Crippen molar-refractivity contribution in [2.45, 2.75) is 27.4 Å². The summed E-state index contributed by atoms with van der Waals surface area (Å²) in [6.45, 7) is 5.03. The molecule has 0 aliphatic rings. The number of ketones is 1. The van der Waals surface area contributed by atoms with Crippen LogP contribution in [0.3, 0.4) is 0 Å². The minimum Gasteiger partial charge on any atom is -0.482 e. The zero-order chi connectivity index (χ0) is 20.3. The molecule has 1 heterocycles. The molecule has 0 aliphatic carbocycles. The van der Waals surface area contributed by atoms with Crippen molar-refractivity contribution in [3.05, 3.63) is 75.1 Å². The predicted molar refractivity (Wildman–Crippen MR) is 104 cm³/mol. The molecule has 144 valence electrons. The number of benzene rings is 2. The average molecular weight is 380 g/mol. The van der Waals surface area contributed by atoms with Crippen LogP contribution < -0.4 is 10.4 Å². The molecule has 6 heteroatoms. The zero-order valence-corrected chi connectivity index (χ0v) is 15.9. The third kappa shape index (κ3) is 4.46. The van der Waals surface area contributed by atoms with E-state index in [1.807, 2.05) is 19.9 Å². The molecule has 0 unspecified atom stereocenters. The van der Waals surface area contributed by atoms with Gasteiger partial charge in [-0.15, -0.1) is 0 Å². The van der Waals surface area contributed by atoms with Gasteiger partial charge in [-0.25, -0.2) is 9.59 Å². The molecule has 0 fully saturated rings. The number of hydrogen-bond acceptors (Lipinski definition) is 6. The van der Waals surface area contributed by atoms with Crippen LogP contribution in [0.4, 0.5) is 0 Å². The molecule has 0 saturated carbocycles. The van der Waals surface area contributed by atoms with Crippen LogP contribution in [0.25, 0.3) is 11.0 Å². The summed E-state index contributed by atoms with van der Waals surface area (Å²) in [7, 11) is 0. The summed E-state index contributed by atoms with van der Waals surface area (Å²) < 4.78 is 15.8. The fourth-order valence-electron chi connectivity index (χ4n) is 2.73. The second-order valence-electron chi connectivity index (χ2n) is 6.55. The second kappa shape index (κ2) is 8.08. The number of Topliss-reactive ketones (excluding diaryl/α,β-unsaturated/α-hetero) is 1. The van der Waals surface area contributed by atoms with Gasteiger partial charge in [-0.3, -0.25) is 4.79 Å². The van der Waals surface area contributed by atoms with E-state index in [1.54, 1.807) is 30.3 Å². The standard InChI is InChI=1S/C22H20O6/c1-13-8-19-17(10-21(24)28-20(19)9-14(13)2)11-27-22(25)12-26-18-6-4-16(5-7-18)15(3)23/h4-10H,11-12H2,1-3H3. The fourth-order valence-corrected chi connectivity index (χ4v) is 2.73. The molecule has 0 bridgehead atoms. The van der Waals surface area contributed by atoms with Crippen LogP contribution in [0.5, 0.6) is 5.75 Å². The Labute approximate surface area is 161 Å². The number of rotatable bonds is 6. The van der Waals surface area contributed by atoms with Crippen molar-refractivity contribution in [1.82, 2.24) is 0 Å². The average Bonchev–Trinajstić information content (AvgIpc) is 2.66. The maximum Gasteiger partial charge on any atom is 0.344 e. The van der Waals surface area contributed by atoms with E-state index in [9.17, 15) is 14.4 Å². The maximum atomic E-state index is 12.0. The summed E-state index contributed by atoms with van der Waals surface area (Å²) in [5, 5.41) is 0.733. The maximum absolute atomic E-state index is 12.0. The molecule has 0 amide bonds. The molecule has 0 saturated heterocycles. The fraction of sp³-hybridized carbons (Fsp3) is 0.227. The quantitative estimate of drug-likeness (QED) is 0.368. The lowest BCUT2D eigenvalue weighted by molar-refractivity contribution is -0.147. The summed E-state index contributed by atoms with van der Waals surface area (Å²) in [5.41, 5.74) is 3.16. The summed E-state index contributed by atoms with van der Waals surface area (Å²) in [5.74, 6) is -0.157. The highest BCUT2D eigenvalue weighted by Gasteiger charge is 2.11. The Bertz CT molecular complexity index is 1090. The molecule has 2 aromatic carbocycles. The van der Waals surface area contributed by atoms with Gasteiger partial charge in [-0.05, 0) is 68.3 Å². The first-order chi connectivity index (χ1) is 13.3. The Morgan fingerprint density at radius 2 is 1.68 bits per heavy atom. The highest BCUT2D eigenvalue weighted by molar-refractivity contribution is 5.94. The van der Waals surface area contributed by atoms with Crippen molar-refractivity contribution < 1.29 is 23.5 Å². The molecule has 0 atom stereocenters. The van der Waals surface area contributed by atoms with E-state index >= 15 is 0 Å². The first-order valence-electron chi connectivity index (χ1n) is 8.77. The summed E-state index contributed by atoms with van der Waals surface area (Å²) in [6, 6.07) is 11.5.